The van der Waals surface area contributed by atoms with Crippen molar-refractivity contribution >= 4 is 11.7 Å². The number of carbonyl (C=O) groups is 1. The largest absolute Gasteiger partial charge is 0.493 e. The summed E-state index contributed by atoms with van der Waals surface area (Å²) < 4.78 is 17.7. The van der Waals surface area contributed by atoms with E-state index in [1.807, 2.05) is 32.9 Å². The minimum Gasteiger partial charge on any atom is -0.493 e. The summed E-state index contributed by atoms with van der Waals surface area (Å²) in [6.07, 6.45) is 1.56. The Morgan fingerprint density at radius 3 is 2.52 bits per heavy atom. The number of ether oxygens (including phenoxy) is 3. The number of hydrogen-bond donors (Lipinski definition) is 0. The molecule has 0 aliphatic carbocycles. The molecule has 142 valence electrons. The van der Waals surface area contributed by atoms with Crippen LogP contribution in [0.2, 0.25) is 0 Å². The van der Waals surface area contributed by atoms with Crippen molar-refractivity contribution < 1.29 is 19.0 Å². The molecule has 27 heavy (non-hydrogen) atoms. The van der Waals surface area contributed by atoms with Crippen LogP contribution in [0.4, 0.5) is 0 Å². The topological polar surface area (TPSA) is 87.8 Å². The molecule has 0 amide bonds. The third-order valence-electron chi connectivity index (χ3n) is 4.54. The lowest BCUT2D eigenvalue weighted by Gasteiger charge is -2.14. The number of esters is 1. The number of rotatable bonds is 6. The highest BCUT2D eigenvalue weighted by Gasteiger charge is 2.16. The Hall–Kier alpha value is -3.16. The highest BCUT2D eigenvalue weighted by molar-refractivity contribution is 5.73. The van der Waals surface area contributed by atoms with Crippen molar-refractivity contribution in [1.82, 2.24) is 19.6 Å². The first kappa shape index (κ1) is 18.6. The maximum absolute atomic E-state index is 12.4. The highest BCUT2D eigenvalue weighted by Crippen LogP contribution is 2.30. The van der Waals surface area contributed by atoms with E-state index < -0.39 is 0 Å². The molecule has 2 aromatic heterocycles. The fourth-order valence-electron chi connectivity index (χ4n) is 2.94. The molecule has 0 fully saturated rings. The lowest BCUT2D eigenvalue weighted by Crippen LogP contribution is -2.14. The standard InChI is InChI=1S/C19H22N4O4/c1-11-6-16(25-4)17(26-5)7-14(11)9-27-18(24)8-15-12(2)22-19-20-10-21-23(19)13(15)3/h6-7,10H,8-9H2,1-5H3. The van der Waals surface area contributed by atoms with Gasteiger partial charge in [-0.3, -0.25) is 4.79 Å². The van der Waals surface area contributed by atoms with Gasteiger partial charge in [-0.2, -0.15) is 10.1 Å². The molecule has 8 heteroatoms. The van der Waals surface area contributed by atoms with Crippen LogP contribution >= 0.6 is 0 Å². The summed E-state index contributed by atoms with van der Waals surface area (Å²) in [4.78, 5) is 20.9. The molecule has 0 spiro atoms. The summed E-state index contributed by atoms with van der Waals surface area (Å²) in [6, 6.07) is 3.68. The normalized spacial score (nSPS) is 10.9. The zero-order valence-corrected chi connectivity index (χ0v) is 16.1. The van der Waals surface area contributed by atoms with Crippen LogP contribution in [-0.4, -0.2) is 39.8 Å². The maximum atomic E-state index is 12.4. The molecular weight excluding hydrogens is 348 g/mol. The zero-order chi connectivity index (χ0) is 19.6. The predicted molar refractivity (Wildman–Crippen MR) is 98.0 cm³/mol. The van der Waals surface area contributed by atoms with E-state index >= 15 is 0 Å². The molecule has 0 unspecified atom stereocenters. The van der Waals surface area contributed by atoms with E-state index in [1.165, 1.54) is 6.33 Å². The van der Waals surface area contributed by atoms with E-state index in [4.69, 9.17) is 14.2 Å². The molecule has 0 aliphatic heterocycles. The Bertz CT molecular complexity index is 997. The molecule has 0 radical (unpaired) electrons. The molecule has 0 N–H and O–H groups in total. The van der Waals surface area contributed by atoms with Crippen LogP contribution in [-0.2, 0) is 22.6 Å². The molecule has 1 aromatic carbocycles. The minimum absolute atomic E-state index is 0.118. The quantitative estimate of drug-likeness (QED) is 0.616. The lowest BCUT2D eigenvalue weighted by molar-refractivity contribution is -0.144. The lowest BCUT2D eigenvalue weighted by atomic mass is 10.1. The van der Waals surface area contributed by atoms with E-state index in [0.717, 1.165) is 28.1 Å². The van der Waals surface area contributed by atoms with Gasteiger partial charge in [0.15, 0.2) is 11.5 Å². The fourth-order valence-corrected chi connectivity index (χ4v) is 2.94. The number of benzene rings is 1. The van der Waals surface area contributed by atoms with Crippen molar-refractivity contribution in [2.75, 3.05) is 14.2 Å². The van der Waals surface area contributed by atoms with E-state index in [0.29, 0.717) is 17.3 Å². The van der Waals surface area contributed by atoms with Crippen LogP contribution in [0.15, 0.2) is 18.5 Å². The summed E-state index contributed by atoms with van der Waals surface area (Å²) in [5.74, 6) is 1.42. The Morgan fingerprint density at radius 1 is 1.11 bits per heavy atom. The first-order chi connectivity index (χ1) is 12.9. The number of hydrogen-bond acceptors (Lipinski definition) is 7. The van der Waals surface area contributed by atoms with Gasteiger partial charge in [0.1, 0.15) is 12.9 Å². The second-order valence-corrected chi connectivity index (χ2v) is 6.20. The van der Waals surface area contributed by atoms with Crippen molar-refractivity contribution in [2.24, 2.45) is 0 Å². The predicted octanol–water partition coefficient (Wildman–Crippen LogP) is 2.35. The summed E-state index contributed by atoms with van der Waals surface area (Å²) >= 11 is 0. The van der Waals surface area contributed by atoms with Crippen LogP contribution in [0, 0.1) is 20.8 Å². The Kier molecular flexibility index (Phi) is 5.25. The van der Waals surface area contributed by atoms with Crippen LogP contribution in [0.3, 0.4) is 0 Å². The monoisotopic (exact) mass is 370 g/mol. The van der Waals surface area contributed by atoms with Gasteiger partial charge in [0, 0.05) is 17.0 Å². The number of aromatic nitrogens is 4. The van der Waals surface area contributed by atoms with Gasteiger partial charge in [-0.25, -0.2) is 9.50 Å². The average molecular weight is 370 g/mol. The number of nitrogens with zero attached hydrogens (tertiary/aromatic N) is 4. The Morgan fingerprint density at radius 2 is 1.81 bits per heavy atom. The van der Waals surface area contributed by atoms with Crippen molar-refractivity contribution in [3.8, 4) is 11.5 Å². The van der Waals surface area contributed by atoms with Gasteiger partial charge in [0.2, 0.25) is 0 Å². The summed E-state index contributed by atoms with van der Waals surface area (Å²) in [5, 5.41) is 4.13. The van der Waals surface area contributed by atoms with Gasteiger partial charge in [0.25, 0.3) is 5.78 Å². The van der Waals surface area contributed by atoms with Gasteiger partial charge in [-0.15, -0.1) is 0 Å². The third kappa shape index (κ3) is 3.69. The van der Waals surface area contributed by atoms with Crippen LogP contribution in [0.5, 0.6) is 11.5 Å². The summed E-state index contributed by atoms with van der Waals surface area (Å²) in [5.41, 5.74) is 4.18. The molecule has 0 bridgehead atoms. The van der Waals surface area contributed by atoms with Crippen molar-refractivity contribution in [1.29, 1.82) is 0 Å². The second kappa shape index (κ2) is 7.61. The molecule has 3 rings (SSSR count). The third-order valence-corrected chi connectivity index (χ3v) is 4.54. The Balaban J connectivity index is 1.74. The molecule has 3 aromatic rings. The second-order valence-electron chi connectivity index (χ2n) is 6.20. The van der Waals surface area contributed by atoms with Gasteiger partial charge in [0.05, 0.1) is 20.6 Å². The first-order valence-corrected chi connectivity index (χ1v) is 8.47. The molecule has 0 atom stereocenters. The molecule has 2 heterocycles. The summed E-state index contributed by atoms with van der Waals surface area (Å²) in [7, 11) is 3.16. The van der Waals surface area contributed by atoms with Gasteiger partial charge in [-0.05, 0) is 44.0 Å². The first-order valence-electron chi connectivity index (χ1n) is 8.47. The maximum Gasteiger partial charge on any atom is 0.310 e. The number of carbonyl (C=O) groups excluding carboxylic acids is 1. The SMILES string of the molecule is COc1cc(C)c(COC(=O)Cc2c(C)nc3ncnn3c2C)cc1OC. The molecule has 8 nitrogen and oxygen atoms in total. The number of methoxy groups -OCH3 is 2. The average Bonchev–Trinajstić information content (AvgIpc) is 3.12. The fraction of sp³-hybridized carbons (Fsp3) is 0.368. The number of aryl methyl sites for hydroxylation is 3. The molecule has 0 saturated heterocycles. The van der Waals surface area contributed by atoms with E-state index in [-0.39, 0.29) is 19.0 Å². The van der Waals surface area contributed by atoms with Crippen molar-refractivity contribution in [2.45, 2.75) is 33.8 Å². The van der Waals surface area contributed by atoms with E-state index in [1.54, 1.807) is 18.7 Å². The van der Waals surface area contributed by atoms with Crippen molar-refractivity contribution in [3.05, 3.63) is 46.5 Å². The molecule has 0 saturated carbocycles. The zero-order valence-electron chi connectivity index (χ0n) is 16.1. The van der Waals surface area contributed by atoms with E-state index in [9.17, 15) is 4.79 Å². The molecule has 0 aliphatic rings. The van der Waals surface area contributed by atoms with Crippen LogP contribution < -0.4 is 9.47 Å². The van der Waals surface area contributed by atoms with Gasteiger partial charge >= 0.3 is 5.97 Å². The summed E-state index contributed by atoms with van der Waals surface area (Å²) in [6.45, 7) is 5.82. The van der Waals surface area contributed by atoms with Gasteiger partial charge in [-0.1, -0.05) is 0 Å². The van der Waals surface area contributed by atoms with Gasteiger partial charge < -0.3 is 14.2 Å². The van der Waals surface area contributed by atoms with Crippen molar-refractivity contribution in [3.63, 3.8) is 0 Å². The van der Waals surface area contributed by atoms with Crippen LogP contribution in [0.1, 0.15) is 28.1 Å². The van der Waals surface area contributed by atoms with E-state index in [2.05, 4.69) is 15.1 Å². The minimum atomic E-state index is -0.336. The highest BCUT2D eigenvalue weighted by atomic mass is 16.5. The molecular formula is C19H22N4O4. The Labute approximate surface area is 157 Å². The number of fused-ring (bicyclic) bond motifs is 1. The smallest absolute Gasteiger partial charge is 0.310 e. The van der Waals surface area contributed by atoms with Crippen LogP contribution in [0.25, 0.3) is 5.78 Å².